The maximum absolute atomic E-state index is 14.1. The molecular weight excluding hydrogens is 743 g/mol. The molecule has 3 aromatic heterocycles. The van der Waals surface area contributed by atoms with Crippen LogP contribution in [0.5, 0.6) is 0 Å². The van der Waals surface area contributed by atoms with Crippen LogP contribution in [0.1, 0.15) is 17.7 Å². The number of rotatable bonds is 6. The standard InChI is InChI=1S/C54H36F2N4/c55-35-17-21-38(22-18-35)59-51-15-7-3-11-45(51)47-33-41(29-31-53(47)59)57(37-25-27-40(28-26-37)58-49-13-5-1-9-43(49)44-10-2-6-14-50(44)58)42-30-32-54-48(34-42)46-12-4-8-16-52(46)60(54)39-23-19-36(56)20-24-39/h1-7,9-15,17-34H,8,16H2. The quantitative estimate of drug-likeness (QED) is 0.164. The van der Waals surface area contributed by atoms with E-state index in [4.69, 9.17) is 0 Å². The molecule has 0 amide bonds. The number of hydrogen-bond acceptors (Lipinski definition) is 1. The van der Waals surface area contributed by atoms with Gasteiger partial charge in [-0.1, -0.05) is 66.7 Å². The Hall–Kier alpha value is -7.70. The van der Waals surface area contributed by atoms with E-state index in [0.717, 1.165) is 79.7 Å². The highest BCUT2D eigenvalue weighted by atomic mass is 19.1. The first-order valence-corrected chi connectivity index (χ1v) is 20.4. The molecular formula is C54H36F2N4. The number of anilines is 3. The van der Waals surface area contributed by atoms with Crippen LogP contribution in [-0.2, 0) is 6.42 Å². The lowest BCUT2D eigenvalue weighted by atomic mass is 10.0. The molecule has 0 N–H and O–H groups in total. The summed E-state index contributed by atoms with van der Waals surface area (Å²) in [6.07, 6.45) is 6.34. The molecule has 0 atom stereocenters. The van der Waals surface area contributed by atoms with Crippen molar-refractivity contribution in [3.8, 4) is 17.1 Å². The minimum absolute atomic E-state index is 0.246. The van der Waals surface area contributed by atoms with Gasteiger partial charge in [-0.2, -0.15) is 0 Å². The molecule has 3 heterocycles. The van der Waals surface area contributed by atoms with Gasteiger partial charge < -0.3 is 18.6 Å². The Labute approximate surface area is 344 Å². The van der Waals surface area contributed by atoms with E-state index in [-0.39, 0.29) is 11.6 Å². The molecule has 6 heteroatoms. The van der Waals surface area contributed by atoms with E-state index in [1.54, 1.807) is 0 Å². The third kappa shape index (κ3) is 5.27. The number of para-hydroxylation sites is 3. The highest BCUT2D eigenvalue weighted by Gasteiger charge is 2.23. The number of nitrogens with zero attached hydrogens (tertiary/aromatic N) is 4. The lowest BCUT2D eigenvalue weighted by molar-refractivity contribution is 0.627. The van der Waals surface area contributed by atoms with Gasteiger partial charge in [0.15, 0.2) is 0 Å². The van der Waals surface area contributed by atoms with Crippen molar-refractivity contribution in [3.63, 3.8) is 0 Å². The van der Waals surface area contributed by atoms with Gasteiger partial charge in [-0.25, -0.2) is 8.78 Å². The number of fused-ring (bicyclic) bond motifs is 9. The van der Waals surface area contributed by atoms with Gasteiger partial charge in [-0.05, 0) is 140 Å². The molecule has 0 aliphatic heterocycles. The van der Waals surface area contributed by atoms with Crippen LogP contribution in [0.3, 0.4) is 0 Å². The van der Waals surface area contributed by atoms with Crippen LogP contribution in [0.4, 0.5) is 25.8 Å². The Morgan fingerprint density at radius 2 is 0.800 bits per heavy atom. The smallest absolute Gasteiger partial charge is 0.123 e. The monoisotopic (exact) mass is 778 g/mol. The Morgan fingerprint density at radius 3 is 1.35 bits per heavy atom. The second-order valence-electron chi connectivity index (χ2n) is 15.6. The van der Waals surface area contributed by atoms with E-state index < -0.39 is 0 Å². The van der Waals surface area contributed by atoms with Crippen molar-refractivity contribution in [1.29, 1.82) is 0 Å². The second-order valence-corrected chi connectivity index (χ2v) is 15.6. The number of allylic oxidation sites excluding steroid dienone is 1. The first-order valence-electron chi connectivity index (χ1n) is 20.4. The average Bonchev–Trinajstić information content (AvgIpc) is 3.93. The molecule has 0 saturated carbocycles. The molecule has 11 aromatic rings. The van der Waals surface area contributed by atoms with Crippen molar-refractivity contribution in [2.45, 2.75) is 12.8 Å². The minimum atomic E-state index is -0.261. The van der Waals surface area contributed by atoms with Crippen molar-refractivity contribution >= 4 is 77.7 Å². The number of hydrogen-bond donors (Lipinski definition) is 0. The van der Waals surface area contributed by atoms with Crippen molar-refractivity contribution in [3.05, 3.63) is 211 Å². The normalized spacial score (nSPS) is 12.6. The van der Waals surface area contributed by atoms with Crippen LogP contribution >= 0.6 is 0 Å². The highest BCUT2D eigenvalue weighted by Crippen LogP contribution is 2.43. The molecule has 0 fully saturated rings. The molecule has 0 radical (unpaired) electrons. The van der Waals surface area contributed by atoms with Gasteiger partial charge in [0.1, 0.15) is 11.6 Å². The van der Waals surface area contributed by atoms with Gasteiger partial charge in [0.25, 0.3) is 0 Å². The van der Waals surface area contributed by atoms with Crippen LogP contribution in [0.25, 0.3) is 77.7 Å². The zero-order valence-corrected chi connectivity index (χ0v) is 32.4. The summed E-state index contributed by atoms with van der Waals surface area (Å²) in [5.74, 6) is -0.507. The molecule has 0 bridgehead atoms. The summed E-state index contributed by atoms with van der Waals surface area (Å²) >= 11 is 0. The van der Waals surface area contributed by atoms with Gasteiger partial charge in [-0.3, -0.25) is 0 Å². The maximum atomic E-state index is 14.1. The molecule has 12 rings (SSSR count). The van der Waals surface area contributed by atoms with E-state index in [1.807, 2.05) is 24.3 Å². The van der Waals surface area contributed by atoms with Gasteiger partial charge >= 0.3 is 0 Å². The summed E-state index contributed by atoms with van der Waals surface area (Å²) < 4.78 is 35.1. The predicted octanol–water partition coefficient (Wildman–Crippen LogP) is 14.5. The Morgan fingerprint density at radius 1 is 0.383 bits per heavy atom. The first-order chi connectivity index (χ1) is 29.6. The molecule has 1 aliphatic rings. The van der Waals surface area contributed by atoms with Gasteiger partial charge in [0, 0.05) is 72.3 Å². The minimum Gasteiger partial charge on any atom is -0.313 e. The van der Waals surface area contributed by atoms with Crippen molar-refractivity contribution in [1.82, 2.24) is 13.7 Å². The van der Waals surface area contributed by atoms with E-state index in [9.17, 15) is 8.78 Å². The number of benzene rings is 8. The zero-order valence-electron chi connectivity index (χ0n) is 32.4. The molecule has 286 valence electrons. The highest BCUT2D eigenvalue weighted by molar-refractivity contribution is 6.11. The molecule has 0 spiro atoms. The van der Waals surface area contributed by atoms with Crippen LogP contribution in [-0.4, -0.2) is 13.7 Å². The zero-order chi connectivity index (χ0) is 39.9. The third-order valence-corrected chi connectivity index (χ3v) is 12.2. The Kier molecular flexibility index (Phi) is 7.69. The topological polar surface area (TPSA) is 18.0 Å². The number of aromatic nitrogens is 3. The molecule has 60 heavy (non-hydrogen) atoms. The van der Waals surface area contributed by atoms with Crippen molar-refractivity contribution in [2.24, 2.45) is 0 Å². The maximum Gasteiger partial charge on any atom is 0.123 e. The van der Waals surface area contributed by atoms with E-state index in [2.05, 4.69) is 164 Å². The Balaban J connectivity index is 1.07. The average molecular weight is 779 g/mol. The summed E-state index contributed by atoms with van der Waals surface area (Å²) in [5.41, 5.74) is 13.9. The largest absolute Gasteiger partial charge is 0.313 e. The predicted molar refractivity (Wildman–Crippen MR) is 244 cm³/mol. The summed E-state index contributed by atoms with van der Waals surface area (Å²) in [5, 5.41) is 5.81. The molecule has 0 saturated heterocycles. The second kappa shape index (κ2) is 13.4. The van der Waals surface area contributed by atoms with E-state index >= 15 is 0 Å². The first kappa shape index (κ1) is 34.4. The SMILES string of the molecule is Fc1ccc(-n2c3c(c4cc(N(c5ccc(-n6c7ccccc7c7ccccc76)cc5)c5ccc6c(c5)c5ccccc5n6-c5ccc(F)cc5)ccc42)C=CCC3)cc1. The molecule has 0 unspecified atom stereocenters. The fourth-order valence-corrected chi connectivity index (χ4v) is 9.60. The van der Waals surface area contributed by atoms with Crippen LogP contribution in [0, 0.1) is 11.6 Å². The van der Waals surface area contributed by atoms with Crippen LogP contribution in [0.2, 0.25) is 0 Å². The van der Waals surface area contributed by atoms with Gasteiger partial charge in [0.05, 0.1) is 27.6 Å². The summed E-state index contributed by atoms with van der Waals surface area (Å²) in [6.45, 7) is 0. The fourth-order valence-electron chi connectivity index (χ4n) is 9.60. The molecule has 8 aromatic carbocycles. The lowest BCUT2D eigenvalue weighted by Gasteiger charge is -2.26. The van der Waals surface area contributed by atoms with E-state index in [0.29, 0.717) is 0 Å². The van der Waals surface area contributed by atoms with Crippen LogP contribution in [0.15, 0.2) is 188 Å². The number of halogens is 2. The summed E-state index contributed by atoms with van der Waals surface area (Å²) in [6, 6.07) is 61.3. The van der Waals surface area contributed by atoms with Crippen molar-refractivity contribution < 1.29 is 8.78 Å². The van der Waals surface area contributed by atoms with Crippen LogP contribution < -0.4 is 4.90 Å². The molecule has 4 nitrogen and oxygen atoms in total. The molecule has 1 aliphatic carbocycles. The summed E-state index contributed by atoms with van der Waals surface area (Å²) in [7, 11) is 0. The summed E-state index contributed by atoms with van der Waals surface area (Å²) in [4.78, 5) is 2.34. The van der Waals surface area contributed by atoms with Crippen molar-refractivity contribution in [2.75, 3.05) is 4.90 Å². The van der Waals surface area contributed by atoms with Gasteiger partial charge in [-0.15, -0.1) is 0 Å². The third-order valence-electron chi connectivity index (χ3n) is 12.2. The Bertz CT molecular complexity index is 3440. The van der Waals surface area contributed by atoms with Gasteiger partial charge in [0.2, 0.25) is 0 Å². The fraction of sp³-hybridized carbons (Fsp3) is 0.0370. The van der Waals surface area contributed by atoms with E-state index in [1.165, 1.54) is 57.3 Å². The lowest BCUT2D eigenvalue weighted by Crippen LogP contribution is -2.10.